The molecule has 0 bridgehead atoms. The van der Waals surface area contributed by atoms with E-state index in [1.54, 1.807) is 0 Å². The molecular formula is C28H34F3N5O4. The maximum Gasteiger partial charge on any atom is 0.282 e. The number of halogens is 3. The van der Waals surface area contributed by atoms with Gasteiger partial charge in [-0.3, -0.25) is 14.5 Å². The molecule has 0 radical (unpaired) electrons. The molecule has 1 aromatic heterocycles. The molecule has 5 rings (SSSR count). The maximum absolute atomic E-state index is 14.9. The minimum Gasteiger partial charge on any atom is -0.356 e. The van der Waals surface area contributed by atoms with Crippen molar-refractivity contribution in [3.05, 3.63) is 47.5 Å². The number of aliphatic hydroxyl groups is 1. The van der Waals surface area contributed by atoms with Crippen molar-refractivity contribution in [2.75, 3.05) is 26.2 Å². The highest BCUT2D eigenvalue weighted by Crippen LogP contribution is 2.34. The van der Waals surface area contributed by atoms with E-state index in [1.807, 2.05) is 30.6 Å². The summed E-state index contributed by atoms with van der Waals surface area (Å²) < 4.78 is 46.7. The molecule has 216 valence electrons. The van der Waals surface area contributed by atoms with Crippen LogP contribution in [-0.4, -0.2) is 97.8 Å². The largest absolute Gasteiger partial charge is 0.356 e. The zero-order valence-electron chi connectivity index (χ0n) is 22.8. The van der Waals surface area contributed by atoms with Gasteiger partial charge in [0, 0.05) is 43.1 Å². The molecule has 3 heterocycles. The summed E-state index contributed by atoms with van der Waals surface area (Å²) in [7, 11) is 0. The molecular weight excluding hydrogens is 527 g/mol. The van der Waals surface area contributed by atoms with E-state index in [0.29, 0.717) is 31.5 Å². The molecule has 2 aromatic rings. The average Bonchev–Trinajstić information content (AvgIpc) is 3.71. The van der Waals surface area contributed by atoms with Gasteiger partial charge in [-0.25, -0.2) is 23.1 Å². The molecule has 1 aliphatic carbocycles. The average molecular weight is 562 g/mol. The molecule has 1 unspecified atom stereocenters. The second-order valence-corrected chi connectivity index (χ2v) is 11.8. The fourth-order valence-electron chi connectivity index (χ4n) is 5.15. The Labute approximate surface area is 230 Å². The lowest BCUT2D eigenvalue weighted by molar-refractivity contribution is -0.243. The standard InChI is InChI=1S/C28H34F3N5O4/c1-27(2,3)40-26(39)34-10-8-20(9-11-34)36(19-5-6-19)25(38)18-13-32-23(33-14-18)21-7-4-17(12-22(21)29)24(37)35-15-28(30,31)16-35/h4,7,12-14,19-20,26,39H,5-6,8-11,15-16H2,1-3H3. The number of piperidine rings is 1. The molecule has 2 aliphatic heterocycles. The van der Waals surface area contributed by atoms with Crippen molar-refractivity contribution >= 4 is 11.8 Å². The van der Waals surface area contributed by atoms with Crippen molar-refractivity contribution in [2.24, 2.45) is 0 Å². The molecule has 3 fully saturated rings. The molecule has 40 heavy (non-hydrogen) atoms. The first-order valence-electron chi connectivity index (χ1n) is 13.5. The lowest BCUT2D eigenvalue weighted by Gasteiger charge is -2.41. The van der Waals surface area contributed by atoms with E-state index >= 15 is 0 Å². The van der Waals surface area contributed by atoms with E-state index in [9.17, 15) is 27.9 Å². The summed E-state index contributed by atoms with van der Waals surface area (Å²) >= 11 is 0. The Morgan fingerprint density at radius 1 is 1.05 bits per heavy atom. The quantitative estimate of drug-likeness (QED) is 0.517. The third-order valence-electron chi connectivity index (χ3n) is 7.33. The summed E-state index contributed by atoms with van der Waals surface area (Å²) in [4.78, 5) is 39.0. The number of carbonyl (C=O) groups is 2. The van der Waals surface area contributed by atoms with Gasteiger partial charge in [-0.2, -0.15) is 0 Å². The minimum atomic E-state index is -2.91. The fourth-order valence-corrected chi connectivity index (χ4v) is 5.15. The van der Waals surface area contributed by atoms with Crippen LogP contribution in [0.25, 0.3) is 11.4 Å². The third-order valence-corrected chi connectivity index (χ3v) is 7.33. The number of carbonyl (C=O) groups excluding carboxylic acids is 2. The zero-order chi connectivity index (χ0) is 28.8. The Morgan fingerprint density at radius 2 is 1.65 bits per heavy atom. The van der Waals surface area contributed by atoms with Crippen LogP contribution < -0.4 is 0 Å². The van der Waals surface area contributed by atoms with Crippen LogP contribution in [0.3, 0.4) is 0 Å². The van der Waals surface area contributed by atoms with Crippen LogP contribution >= 0.6 is 0 Å². The van der Waals surface area contributed by atoms with Crippen molar-refractivity contribution in [2.45, 2.75) is 76.5 Å². The minimum absolute atomic E-state index is 0.00615. The molecule has 3 aliphatic rings. The highest BCUT2D eigenvalue weighted by atomic mass is 19.3. The second-order valence-electron chi connectivity index (χ2n) is 11.8. The lowest BCUT2D eigenvalue weighted by atomic mass is 10.0. The molecule has 12 heteroatoms. The van der Waals surface area contributed by atoms with Gasteiger partial charge in [0.25, 0.3) is 17.7 Å². The molecule has 9 nitrogen and oxygen atoms in total. The second kappa shape index (κ2) is 10.7. The molecule has 1 atom stereocenters. The summed E-state index contributed by atoms with van der Waals surface area (Å²) in [5.74, 6) is -4.48. The molecule has 1 aromatic carbocycles. The number of rotatable bonds is 7. The van der Waals surface area contributed by atoms with Gasteiger partial charge in [-0.1, -0.05) is 0 Å². The van der Waals surface area contributed by atoms with Crippen LogP contribution in [0.15, 0.2) is 30.6 Å². The van der Waals surface area contributed by atoms with Gasteiger partial charge in [0.2, 0.25) is 6.41 Å². The van der Waals surface area contributed by atoms with Crippen molar-refractivity contribution in [1.82, 2.24) is 24.7 Å². The van der Waals surface area contributed by atoms with Crippen LogP contribution in [0.4, 0.5) is 13.2 Å². The van der Waals surface area contributed by atoms with Gasteiger partial charge in [-0.05, 0) is 64.7 Å². The normalized spacial score (nSPS) is 20.6. The van der Waals surface area contributed by atoms with Crippen LogP contribution in [0, 0.1) is 5.82 Å². The van der Waals surface area contributed by atoms with E-state index in [0.717, 1.165) is 23.8 Å². The van der Waals surface area contributed by atoms with Gasteiger partial charge in [0.05, 0.1) is 29.8 Å². The first kappa shape index (κ1) is 28.4. The first-order chi connectivity index (χ1) is 18.8. The van der Waals surface area contributed by atoms with Crippen molar-refractivity contribution < 1.29 is 32.6 Å². The number of hydrogen-bond acceptors (Lipinski definition) is 7. The summed E-state index contributed by atoms with van der Waals surface area (Å²) in [5.41, 5.74) is -0.186. The topological polar surface area (TPSA) is 99.1 Å². The van der Waals surface area contributed by atoms with E-state index < -0.39 is 42.8 Å². The van der Waals surface area contributed by atoms with Gasteiger partial charge in [0.15, 0.2) is 5.82 Å². The first-order valence-corrected chi connectivity index (χ1v) is 13.5. The molecule has 1 saturated carbocycles. The Morgan fingerprint density at radius 3 is 2.17 bits per heavy atom. The summed E-state index contributed by atoms with van der Waals surface area (Å²) in [6.45, 7) is 5.46. The highest BCUT2D eigenvalue weighted by Gasteiger charge is 2.46. The number of likely N-dealkylation sites (tertiary alicyclic amines) is 2. The van der Waals surface area contributed by atoms with Crippen LogP contribution in [0.5, 0.6) is 0 Å². The van der Waals surface area contributed by atoms with E-state index in [1.165, 1.54) is 24.5 Å². The fraction of sp³-hybridized carbons (Fsp3) is 0.571. The number of amides is 2. The van der Waals surface area contributed by atoms with Gasteiger partial charge >= 0.3 is 0 Å². The van der Waals surface area contributed by atoms with Gasteiger partial charge < -0.3 is 19.6 Å². The summed E-state index contributed by atoms with van der Waals surface area (Å²) in [6.07, 6.45) is 4.97. The number of ether oxygens (including phenoxy) is 1. The number of alkyl halides is 2. The summed E-state index contributed by atoms with van der Waals surface area (Å²) in [6, 6.07) is 3.82. The SMILES string of the molecule is CC(C)(C)OC(O)N1CCC(N(C(=O)c2cnc(-c3ccc(C(=O)N4CC(F)(F)C4)cc3F)nc2)C2CC2)CC1. The van der Waals surface area contributed by atoms with Crippen LogP contribution in [-0.2, 0) is 4.74 Å². The van der Waals surface area contributed by atoms with Crippen LogP contribution in [0.1, 0.15) is 67.2 Å². The number of hydrogen-bond donors (Lipinski definition) is 1. The molecule has 1 N–H and O–H groups in total. The van der Waals surface area contributed by atoms with Gasteiger partial charge in [0.1, 0.15) is 5.82 Å². The maximum atomic E-state index is 14.9. The third kappa shape index (κ3) is 6.29. The number of aromatic nitrogens is 2. The number of benzene rings is 1. The van der Waals surface area contributed by atoms with Crippen molar-refractivity contribution in [1.29, 1.82) is 0 Å². The van der Waals surface area contributed by atoms with Crippen molar-refractivity contribution in [3.8, 4) is 11.4 Å². The predicted octanol–water partition coefficient (Wildman–Crippen LogP) is 3.53. The molecule has 2 saturated heterocycles. The van der Waals surface area contributed by atoms with E-state index in [-0.39, 0.29) is 34.9 Å². The Balaban J connectivity index is 1.23. The van der Waals surface area contributed by atoms with E-state index in [2.05, 4.69) is 9.97 Å². The zero-order valence-corrected chi connectivity index (χ0v) is 22.8. The van der Waals surface area contributed by atoms with Crippen molar-refractivity contribution in [3.63, 3.8) is 0 Å². The van der Waals surface area contributed by atoms with E-state index in [4.69, 9.17) is 4.74 Å². The predicted molar refractivity (Wildman–Crippen MR) is 139 cm³/mol. The Bertz CT molecular complexity index is 1250. The smallest absolute Gasteiger partial charge is 0.282 e. The number of nitrogens with zero attached hydrogens (tertiary/aromatic N) is 5. The number of aliphatic hydroxyl groups excluding tert-OH is 1. The van der Waals surface area contributed by atoms with Crippen LogP contribution in [0.2, 0.25) is 0 Å². The monoisotopic (exact) mass is 561 g/mol. The lowest BCUT2D eigenvalue weighted by Crippen LogP contribution is -2.58. The van der Waals surface area contributed by atoms with Gasteiger partial charge in [-0.15, -0.1) is 0 Å². The molecule has 0 spiro atoms. The Kier molecular flexibility index (Phi) is 7.62. The summed E-state index contributed by atoms with van der Waals surface area (Å²) in [5, 5.41) is 10.4. The Hall–Kier alpha value is -3.09. The molecule has 2 amide bonds. The highest BCUT2D eigenvalue weighted by molar-refractivity contribution is 5.96.